The third kappa shape index (κ3) is 7.86. The van der Waals surface area contributed by atoms with Crippen LogP contribution in [0.5, 0.6) is 0 Å². The van der Waals surface area contributed by atoms with Gasteiger partial charge in [-0.05, 0) is 68.2 Å². The Morgan fingerprint density at radius 3 is 2.47 bits per heavy atom. The van der Waals surface area contributed by atoms with Gasteiger partial charge in [0.2, 0.25) is 11.8 Å². The number of hydrogen-bond acceptors (Lipinski definition) is 3. The largest absolute Gasteiger partial charge is 0.352 e. The summed E-state index contributed by atoms with van der Waals surface area (Å²) in [6.45, 7) is 2.40. The van der Waals surface area contributed by atoms with Crippen LogP contribution in [0.3, 0.4) is 0 Å². The predicted molar refractivity (Wildman–Crippen MR) is 133 cm³/mol. The van der Waals surface area contributed by atoms with Crippen molar-refractivity contribution in [3.63, 3.8) is 0 Å². The number of benzene rings is 2. The molecule has 172 valence electrons. The summed E-state index contributed by atoms with van der Waals surface area (Å²) >= 11 is 7.66. The lowest BCUT2D eigenvalue weighted by Gasteiger charge is -2.30. The van der Waals surface area contributed by atoms with Crippen molar-refractivity contribution in [2.45, 2.75) is 68.8 Å². The summed E-state index contributed by atoms with van der Waals surface area (Å²) in [5.41, 5.74) is 1.17. The number of hydrogen-bond donors (Lipinski definition) is 1. The van der Waals surface area contributed by atoms with Gasteiger partial charge in [-0.15, -0.1) is 11.8 Å². The van der Waals surface area contributed by atoms with E-state index in [9.17, 15) is 9.59 Å². The van der Waals surface area contributed by atoms with Gasteiger partial charge in [-0.2, -0.15) is 0 Å². The molecule has 0 radical (unpaired) electrons. The molecular weight excluding hydrogens is 440 g/mol. The molecule has 1 aliphatic carbocycles. The van der Waals surface area contributed by atoms with E-state index in [1.807, 2.05) is 49.4 Å². The Morgan fingerprint density at radius 1 is 1.09 bits per heavy atom. The van der Waals surface area contributed by atoms with Crippen molar-refractivity contribution in [1.29, 1.82) is 0 Å². The summed E-state index contributed by atoms with van der Waals surface area (Å²) in [5, 5.41) is 3.88. The molecule has 0 aliphatic heterocycles. The highest BCUT2D eigenvalue weighted by Crippen LogP contribution is 2.22. The molecule has 1 aliphatic rings. The maximum absolute atomic E-state index is 13.1. The first kappa shape index (κ1) is 24.7. The van der Waals surface area contributed by atoms with E-state index in [4.69, 9.17) is 11.6 Å². The molecule has 1 N–H and O–H groups in total. The lowest BCUT2D eigenvalue weighted by Crippen LogP contribution is -2.50. The Hall–Kier alpha value is -1.98. The first-order chi connectivity index (χ1) is 15.5. The SMILES string of the molecule is C[C@H](C(=O)NC1CCCC1)N(CCc1ccccc1)C(=O)CCCSc1ccc(Cl)cc1. The lowest BCUT2D eigenvalue weighted by atomic mass is 10.1. The molecular formula is C26H33ClN2O2S. The molecule has 1 atom stereocenters. The van der Waals surface area contributed by atoms with Crippen LogP contribution in [0.25, 0.3) is 0 Å². The molecule has 2 amide bonds. The van der Waals surface area contributed by atoms with Crippen LogP contribution < -0.4 is 5.32 Å². The third-order valence-corrected chi connectivity index (χ3v) is 7.32. The first-order valence-electron chi connectivity index (χ1n) is 11.5. The Morgan fingerprint density at radius 2 is 1.78 bits per heavy atom. The number of nitrogens with zero attached hydrogens (tertiary/aromatic N) is 1. The molecule has 1 saturated carbocycles. The smallest absolute Gasteiger partial charge is 0.242 e. The average Bonchev–Trinajstić information content (AvgIpc) is 3.31. The van der Waals surface area contributed by atoms with E-state index in [-0.39, 0.29) is 17.9 Å². The highest BCUT2D eigenvalue weighted by molar-refractivity contribution is 7.99. The van der Waals surface area contributed by atoms with Gasteiger partial charge in [0.25, 0.3) is 0 Å². The first-order valence-corrected chi connectivity index (χ1v) is 12.9. The van der Waals surface area contributed by atoms with Crippen LogP contribution in [0.4, 0.5) is 0 Å². The zero-order valence-electron chi connectivity index (χ0n) is 18.8. The number of nitrogens with one attached hydrogen (secondary N) is 1. The molecule has 0 bridgehead atoms. The van der Waals surface area contributed by atoms with Crippen LogP contribution >= 0.6 is 23.4 Å². The summed E-state index contributed by atoms with van der Waals surface area (Å²) in [5.74, 6) is 0.864. The maximum Gasteiger partial charge on any atom is 0.242 e. The quantitative estimate of drug-likeness (QED) is 0.335. The molecule has 4 nitrogen and oxygen atoms in total. The maximum atomic E-state index is 13.1. The van der Waals surface area contributed by atoms with E-state index in [2.05, 4.69) is 17.4 Å². The van der Waals surface area contributed by atoms with Crippen molar-refractivity contribution in [2.24, 2.45) is 0 Å². The van der Waals surface area contributed by atoms with E-state index in [0.29, 0.717) is 13.0 Å². The Balaban J connectivity index is 1.54. The van der Waals surface area contributed by atoms with E-state index < -0.39 is 6.04 Å². The minimum Gasteiger partial charge on any atom is -0.352 e. The van der Waals surface area contributed by atoms with Crippen LogP contribution in [-0.4, -0.2) is 41.1 Å². The number of carbonyl (C=O) groups excluding carboxylic acids is 2. The van der Waals surface area contributed by atoms with Gasteiger partial charge in [0.15, 0.2) is 0 Å². The highest BCUT2D eigenvalue weighted by atomic mass is 35.5. The summed E-state index contributed by atoms with van der Waals surface area (Å²) in [7, 11) is 0. The zero-order chi connectivity index (χ0) is 22.8. The summed E-state index contributed by atoms with van der Waals surface area (Å²) < 4.78 is 0. The van der Waals surface area contributed by atoms with Gasteiger partial charge in [0.1, 0.15) is 6.04 Å². The Labute approximate surface area is 201 Å². The van der Waals surface area contributed by atoms with Crippen LogP contribution in [0.2, 0.25) is 5.02 Å². The molecule has 0 saturated heterocycles. The van der Waals surface area contributed by atoms with Gasteiger partial charge in [0, 0.05) is 28.9 Å². The zero-order valence-corrected chi connectivity index (χ0v) is 20.3. The van der Waals surface area contributed by atoms with Crippen molar-refractivity contribution in [3.05, 3.63) is 65.2 Å². The van der Waals surface area contributed by atoms with E-state index in [1.165, 1.54) is 18.4 Å². The van der Waals surface area contributed by atoms with E-state index >= 15 is 0 Å². The number of thioether (sulfide) groups is 1. The summed E-state index contributed by atoms with van der Waals surface area (Å²) in [4.78, 5) is 28.9. The second-order valence-electron chi connectivity index (χ2n) is 8.39. The van der Waals surface area contributed by atoms with Crippen LogP contribution in [0.15, 0.2) is 59.5 Å². The van der Waals surface area contributed by atoms with Crippen molar-refractivity contribution in [2.75, 3.05) is 12.3 Å². The fraction of sp³-hybridized carbons (Fsp3) is 0.462. The van der Waals surface area contributed by atoms with E-state index in [0.717, 1.165) is 41.4 Å². The number of carbonyl (C=O) groups is 2. The topological polar surface area (TPSA) is 49.4 Å². The fourth-order valence-electron chi connectivity index (χ4n) is 4.05. The molecule has 0 aromatic heterocycles. The Bertz CT molecular complexity index is 854. The van der Waals surface area contributed by atoms with Crippen molar-refractivity contribution in [3.8, 4) is 0 Å². The molecule has 0 heterocycles. The van der Waals surface area contributed by atoms with Crippen LogP contribution in [0.1, 0.15) is 51.0 Å². The van der Waals surface area contributed by atoms with Gasteiger partial charge in [-0.25, -0.2) is 0 Å². The molecule has 6 heteroatoms. The fourth-order valence-corrected chi connectivity index (χ4v) is 5.03. The number of halogens is 1. The van der Waals surface area contributed by atoms with E-state index in [1.54, 1.807) is 16.7 Å². The van der Waals surface area contributed by atoms with Gasteiger partial charge < -0.3 is 10.2 Å². The molecule has 3 rings (SSSR count). The molecule has 32 heavy (non-hydrogen) atoms. The van der Waals surface area contributed by atoms with Gasteiger partial charge in [0.05, 0.1) is 0 Å². The normalized spacial score (nSPS) is 14.8. The standard InChI is InChI=1S/C26H33ClN2O2S/c1-20(26(31)28-23-10-5-6-11-23)29(18-17-21-8-3-2-4-9-21)25(30)12-7-19-32-24-15-13-22(27)14-16-24/h2-4,8-9,13-16,20,23H,5-7,10-12,17-19H2,1H3,(H,28,31)/t20-/m1/s1. The molecule has 2 aromatic rings. The molecule has 1 fully saturated rings. The van der Waals surface area contributed by atoms with Crippen LogP contribution in [-0.2, 0) is 16.0 Å². The van der Waals surface area contributed by atoms with Crippen LogP contribution in [0, 0.1) is 0 Å². The van der Waals surface area contributed by atoms with Gasteiger partial charge >= 0.3 is 0 Å². The Kier molecular flexibility index (Phi) is 9.94. The predicted octanol–water partition coefficient (Wildman–Crippen LogP) is 5.73. The van der Waals surface area contributed by atoms with Crippen molar-refractivity contribution >= 4 is 35.2 Å². The number of rotatable bonds is 11. The third-order valence-electron chi connectivity index (χ3n) is 5.97. The monoisotopic (exact) mass is 472 g/mol. The molecule has 2 aromatic carbocycles. The van der Waals surface area contributed by atoms with Gasteiger partial charge in [-0.1, -0.05) is 54.8 Å². The molecule has 0 spiro atoms. The highest BCUT2D eigenvalue weighted by Gasteiger charge is 2.27. The lowest BCUT2D eigenvalue weighted by molar-refractivity contribution is -0.140. The second-order valence-corrected chi connectivity index (χ2v) is 10.00. The minimum atomic E-state index is -0.462. The molecule has 0 unspecified atom stereocenters. The number of amides is 2. The average molecular weight is 473 g/mol. The van der Waals surface area contributed by atoms with Gasteiger partial charge in [-0.3, -0.25) is 9.59 Å². The van der Waals surface area contributed by atoms with Crippen molar-refractivity contribution in [1.82, 2.24) is 10.2 Å². The summed E-state index contributed by atoms with van der Waals surface area (Å²) in [6.07, 6.45) is 6.37. The second kappa shape index (κ2) is 12.9. The minimum absolute atomic E-state index is 0.0335. The van der Waals surface area contributed by atoms with Crippen molar-refractivity contribution < 1.29 is 9.59 Å². The summed E-state index contributed by atoms with van der Waals surface area (Å²) in [6, 6.07) is 17.7.